The van der Waals surface area contributed by atoms with Crippen molar-refractivity contribution in [2.24, 2.45) is 0 Å². The van der Waals surface area contributed by atoms with E-state index in [1.807, 2.05) is 0 Å². The summed E-state index contributed by atoms with van der Waals surface area (Å²) in [5.74, 6) is -2.00. The summed E-state index contributed by atoms with van der Waals surface area (Å²) >= 11 is 1.40. The number of hydrogen-bond donors (Lipinski definition) is 2. The van der Waals surface area contributed by atoms with Crippen LogP contribution in [-0.2, 0) is 20.9 Å². The molecule has 2 aromatic rings. The highest BCUT2D eigenvalue weighted by atomic mass is 32.1. The normalized spacial score (nSPS) is 18.3. The van der Waals surface area contributed by atoms with Crippen molar-refractivity contribution in [2.45, 2.75) is 19.6 Å². The lowest BCUT2D eigenvalue weighted by Crippen LogP contribution is -2.41. The molecule has 0 aliphatic carbocycles. The number of hydrogen-bond acceptors (Lipinski definition) is 8. The molecule has 2 aliphatic heterocycles. The summed E-state index contributed by atoms with van der Waals surface area (Å²) in [4.78, 5) is 47.7. The molecule has 1 aromatic carbocycles. The third kappa shape index (κ3) is 5.95. The first kappa shape index (κ1) is 24.6. The van der Waals surface area contributed by atoms with Crippen LogP contribution in [0.3, 0.4) is 0 Å². The summed E-state index contributed by atoms with van der Waals surface area (Å²) in [6.07, 6.45) is 0.250. The van der Waals surface area contributed by atoms with Crippen molar-refractivity contribution in [3.63, 3.8) is 0 Å². The van der Waals surface area contributed by atoms with Crippen LogP contribution < -0.4 is 20.4 Å². The number of carbonyl (C=O) groups is 3. The second-order valence-corrected chi connectivity index (χ2v) is 8.80. The number of nitrogens with one attached hydrogen (secondary N) is 2. The van der Waals surface area contributed by atoms with Gasteiger partial charge in [-0.05, 0) is 0 Å². The third-order valence-electron chi connectivity index (χ3n) is 5.36. The number of cyclic esters (lactones) is 1. The first-order valence-corrected chi connectivity index (χ1v) is 11.7. The van der Waals surface area contributed by atoms with E-state index in [4.69, 9.17) is 9.57 Å². The summed E-state index contributed by atoms with van der Waals surface area (Å²) in [7, 11) is 0. The number of rotatable bonds is 6. The molecule has 2 saturated heterocycles. The number of ether oxygens (including phenoxy) is 1. The first-order valence-electron chi connectivity index (χ1n) is 10.8. The van der Waals surface area contributed by atoms with Gasteiger partial charge in [-0.15, -0.1) is 11.3 Å². The van der Waals surface area contributed by atoms with Gasteiger partial charge in [-0.25, -0.2) is 28.4 Å². The Bertz CT molecular complexity index is 1070. The first-order chi connectivity index (χ1) is 16.8. The fourth-order valence-corrected chi connectivity index (χ4v) is 4.27. The number of hydroxylamine groups is 2. The molecule has 0 spiro atoms. The summed E-state index contributed by atoms with van der Waals surface area (Å²) in [6, 6.07) is 1.65. The second kappa shape index (κ2) is 10.8. The van der Waals surface area contributed by atoms with Gasteiger partial charge in [-0.2, -0.15) is 0 Å². The molecule has 0 bridgehead atoms. The molecule has 0 saturated carbocycles. The van der Waals surface area contributed by atoms with Crippen molar-refractivity contribution in [1.29, 1.82) is 0 Å². The highest BCUT2D eigenvalue weighted by Crippen LogP contribution is 2.31. The molecule has 35 heavy (non-hydrogen) atoms. The van der Waals surface area contributed by atoms with Gasteiger partial charge in [0, 0.05) is 43.7 Å². The third-order valence-corrected chi connectivity index (χ3v) is 6.14. The van der Waals surface area contributed by atoms with Gasteiger partial charge in [0.2, 0.25) is 5.91 Å². The van der Waals surface area contributed by atoms with E-state index in [0.717, 1.165) is 27.1 Å². The summed E-state index contributed by atoms with van der Waals surface area (Å²) in [6.45, 7) is 2.11. The SMILES string of the molecule is CC(=O)NC[C@H]1CN(c2cc(F)c(N3CCON(C(=O)NCc4nccs4)CC3)c(F)c2)C(=O)O1. The Balaban J connectivity index is 1.39. The average molecular weight is 511 g/mol. The lowest BCUT2D eigenvalue weighted by atomic mass is 10.2. The minimum absolute atomic E-state index is 0.00772. The number of anilines is 2. The molecule has 0 unspecified atom stereocenters. The zero-order valence-corrected chi connectivity index (χ0v) is 19.6. The fraction of sp³-hybridized carbons (Fsp3) is 0.429. The van der Waals surface area contributed by atoms with Crippen LogP contribution in [-0.4, -0.2) is 73.5 Å². The van der Waals surface area contributed by atoms with Crippen molar-refractivity contribution in [3.8, 4) is 0 Å². The maximum atomic E-state index is 15.0. The van der Waals surface area contributed by atoms with Crippen LogP contribution in [0.5, 0.6) is 0 Å². The smallest absolute Gasteiger partial charge is 0.414 e. The standard InChI is InChI=1S/C21H24F2N6O5S/c1-13(30)25-10-15-12-28(21(32)34-15)14-8-16(22)19(17(23)9-14)27-3-4-29(33-6-5-27)20(31)26-11-18-24-2-7-35-18/h2,7-9,15H,3-6,10-12H2,1H3,(H,25,30)(H,26,31)/t15-/m0/s1. The van der Waals surface area contributed by atoms with Crippen molar-refractivity contribution in [2.75, 3.05) is 49.1 Å². The number of benzene rings is 1. The largest absolute Gasteiger partial charge is 0.442 e. The molecule has 2 N–H and O–H groups in total. The molecule has 1 atom stereocenters. The zero-order valence-electron chi connectivity index (χ0n) is 18.8. The maximum absolute atomic E-state index is 15.0. The van der Waals surface area contributed by atoms with E-state index >= 15 is 8.78 Å². The number of urea groups is 1. The lowest BCUT2D eigenvalue weighted by molar-refractivity contribution is -0.119. The van der Waals surface area contributed by atoms with Crippen molar-refractivity contribution < 1.29 is 32.7 Å². The highest BCUT2D eigenvalue weighted by Gasteiger charge is 2.34. The summed E-state index contributed by atoms with van der Waals surface area (Å²) < 4.78 is 35.2. The fourth-order valence-electron chi connectivity index (χ4n) is 3.72. The Hall–Kier alpha value is -3.52. The molecule has 4 amide bonds. The van der Waals surface area contributed by atoms with Crippen molar-refractivity contribution >= 4 is 40.7 Å². The molecule has 2 aliphatic rings. The Labute approximate surface area is 203 Å². The number of carbonyl (C=O) groups excluding carboxylic acids is 3. The predicted octanol–water partition coefficient (Wildman–Crippen LogP) is 1.85. The van der Waals surface area contributed by atoms with Gasteiger partial charge in [0.05, 0.1) is 38.5 Å². The second-order valence-electron chi connectivity index (χ2n) is 7.82. The average Bonchev–Trinajstić information content (AvgIpc) is 3.39. The molecular weight excluding hydrogens is 486 g/mol. The van der Waals surface area contributed by atoms with E-state index in [0.29, 0.717) is 0 Å². The number of thiazole rings is 1. The summed E-state index contributed by atoms with van der Waals surface area (Å²) in [5.41, 5.74) is -0.266. The minimum Gasteiger partial charge on any atom is -0.442 e. The molecule has 14 heteroatoms. The molecule has 1 aromatic heterocycles. The van der Waals surface area contributed by atoms with Crippen molar-refractivity contribution in [1.82, 2.24) is 20.7 Å². The molecule has 11 nitrogen and oxygen atoms in total. The molecule has 0 radical (unpaired) electrons. The van der Waals surface area contributed by atoms with Gasteiger partial charge in [0.25, 0.3) is 0 Å². The van der Waals surface area contributed by atoms with E-state index in [9.17, 15) is 14.4 Å². The minimum atomic E-state index is -0.861. The molecule has 2 fully saturated rings. The van der Waals surface area contributed by atoms with E-state index in [2.05, 4.69) is 15.6 Å². The molecule has 3 heterocycles. The number of nitrogens with zero attached hydrogens (tertiary/aromatic N) is 4. The van der Waals surface area contributed by atoms with Gasteiger partial charge in [-0.3, -0.25) is 14.5 Å². The Morgan fingerprint density at radius 1 is 1.20 bits per heavy atom. The van der Waals surface area contributed by atoms with Crippen LogP contribution in [0.1, 0.15) is 11.9 Å². The van der Waals surface area contributed by atoms with E-state index in [-0.39, 0.29) is 63.2 Å². The van der Waals surface area contributed by atoms with Crippen LogP contribution in [0, 0.1) is 11.6 Å². The van der Waals surface area contributed by atoms with Crippen LogP contribution in [0.25, 0.3) is 0 Å². The van der Waals surface area contributed by atoms with Gasteiger partial charge < -0.3 is 20.3 Å². The Morgan fingerprint density at radius 3 is 2.66 bits per heavy atom. The van der Waals surface area contributed by atoms with E-state index in [1.54, 1.807) is 11.6 Å². The topological polar surface area (TPSA) is 116 Å². The predicted molar refractivity (Wildman–Crippen MR) is 122 cm³/mol. The van der Waals surface area contributed by atoms with E-state index < -0.39 is 29.9 Å². The van der Waals surface area contributed by atoms with Crippen LogP contribution in [0.4, 0.5) is 29.7 Å². The maximum Gasteiger partial charge on any atom is 0.414 e. The van der Waals surface area contributed by atoms with Crippen molar-refractivity contribution in [3.05, 3.63) is 40.4 Å². The van der Waals surface area contributed by atoms with Gasteiger partial charge >= 0.3 is 12.1 Å². The van der Waals surface area contributed by atoms with Gasteiger partial charge in [0.15, 0.2) is 11.6 Å². The monoisotopic (exact) mass is 510 g/mol. The number of aromatic nitrogens is 1. The quantitative estimate of drug-likeness (QED) is 0.609. The van der Waals surface area contributed by atoms with Crippen LogP contribution in [0.15, 0.2) is 23.7 Å². The van der Waals surface area contributed by atoms with Gasteiger partial charge in [-0.1, -0.05) is 0 Å². The van der Waals surface area contributed by atoms with Gasteiger partial charge in [0.1, 0.15) is 16.8 Å². The van der Waals surface area contributed by atoms with Crippen LogP contribution in [0.2, 0.25) is 0 Å². The molecule has 188 valence electrons. The molecular formula is C21H24F2N6O5S. The lowest BCUT2D eigenvalue weighted by Gasteiger charge is -2.24. The molecule has 4 rings (SSSR count). The number of amides is 4. The Kier molecular flexibility index (Phi) is 7.60. The zero-order chi connectivity index (χ0) is 24.9. The highest BCUT2D eigenvalue weighted by molar-refractivity contribution is 7.09. The van der Waals surface area contributed by atoms with E-state index in [1.165, 1.54) is 23.2 Å². The summed E-state index contributed by atoms with van der Waals surface area (Å²) in [5, 5.41) is 8.89. The number of halogens is 2. The van der Waals surface area contributed by atoms with Crippen LogP contribution >= 0.6 is 11.3 Å². The Morgan fingerprint density at radius 2 is 1.97 bits per heavy atom.